The molecule has 0 saturated carbocycles. The molecule has 3 nitrogen and oxygen atoms in total. The molecule has 1 fully saturated rings. The second kappa shape index (κ2) is 3.52. The summed E-state index contributed by atoms with van der Waals surface area (Å²) in [4.78, 5) is 6.36. The van der Waals surface area contributed by atoms with Crippen molar-refractivity contribution in [2.45, 2.75) is 25.4 Å². The molecule has 1 aromatic heterocycles. The third-order valence-corrected chi connectivity index (χ3v) is 2.62. The largest absolute Gasteiger partial charge is 0.435 e. The van der Waals surface area contributed by atoms with Crippen LogP contribution in [0.5, 0.6) is 0 Å². The van der Waals surface area contributed by atoms with Gasteiger partial charge in [-0.3, -0.25) is 0 Å². The number of halogens is 3. The molecule has 2 N–H and O–H groups in total. The number of H-pyrrole nitrogens is 1. The number of nitrogens with one attached hydrogen (secondary N) is 2. The Morgan fingerprint density at radius 1 is 1.40 bits per heavy atom. The molecule has 6 heteroatoms. The van der Waals surface area contributed by atoms with Crippen molar-refractivity contribution in [1.82, 2.24) is 15.3 Å². The van der Waals surface area contributed by atoms with Gasteiger partial charge in [0, 0.05) is 18.2 Å². The van der Waals surface area contributed by atoms with Gasteiger partial charge in [0.1, 0.15) is 5.82 Å². The van der Waals surface area contributed by atoms with E-state index in [0.29, 0.717) is 12.4 Å². The molecule has 1 aliphatic rings. The van der Waals surface area contributed by atoms with Crippen LogP contribution >= 0.6 is 0 Å². The fourth-order valence-electron chi connectivity index (χ4n) is 1.84. The van der Waals surface area contributed by atoms with Crippen molar-refractivity contribution in [2.24, 2.45) is 0 Å². The lowest BCUT2D eigenvalue weighted by Crippen LogP contribution is -2.10. The van der Waals surface area contributed by atoms with E-state index < -0.39 is 11.9 Å². The summed E-state index contributed by atoms with van der Waals surface area (Å²) >= 11 is 0. The summed E-state index contributed by atoms with van der Waals surface area (Å²) in [6, 6.07) is 0. The molecule has 1 atom stereocenters. The lowest BCUT2D eigenvalue weighted by Gasteiger charge is -2.03. The van der Waals surface area contributed by atoms with Gasteiger partial charge in [-0.1, -0.05) is 0 Å². The Bertz CT molecular complexity index is 350. The van der Waals surface area contributed by atoms with E-state index in [4.69, 9.17) is 0 Å². The molecule has 2 heterocycles. The van der Waals surface area contributed by atoms with Crippen molar-refractivity contribution in [1.29, 1.82) is 0 Å². The maximum atomic E-state index is 12.5. The molecule has 1 unspecified atom stereocenters. The zero-order chi connectivity index (χ0) is 11.1. The van der Waals surface area contributed by atoms with Crippen LogP contribution < -0.4 is 5.32 Å². The summed E-state index contributed by atoms with van der Waals surface area (Å²) in [6.07, 6.45) is -3.52. The molecule has 0 spiro atoms. The maximum absolute atomic E-state index is 12.5. The van der Waals surface area contributed by atoms with Crippen LogP contribution in [0, 0.1) is 6.92 Å². The van der Waals surface area contributed by atoms with Gasteiger partial charge in [0.15, 0.2) is 5.69 Å². The van der Waals surface area contributed by atoms with E-state index in [0.717, 1.165) is 13.0 Å². The number of rotatable bonds is 1. The maximum Gasteiger partial charge on any atom is 0.435 e. The van der Waals surface area contributed by atoms with Crippen molar-refractivity contribution in [3.63, 3.8) is 0 Å². The van der Waals surface area contributed by atoms with Gasteiger partial charge in [-0.05, 0) is 19.9 Å². The fraction of sp³-hybridized carbons (Fsp3) is 0.667. The molecule has 0 aromatic carbocycles. The molecule has 1 saturated heterocycles. The van der Waals surface area contributed by atoms with E-state index >= 15 is 0 Å². The average molecular weight is 219 g/mol. The fourth-order valence-corrected chi connectivity index (χ4v) is 1.84. The lowest BCUT2D eigenvalue weighted by atomic mass is 10.1. The van der Waals surface area contributed by atoms with Gasteiger partial charge < -0.3 is 10.3 Å². The molecule has 0 bridgehead atoms. The standard InChI is InChI=1S/C9H12F3N3/c1-5-7(9(10,11)12)15-8(14-5)6-2-3-13-4-6/h6,13H,2-4H2,1H3,(H,14,15). The van der Waals surface area contributed by atoms with E-state index in [1.165, 1.54) is 6.92 Å². The first-order valence-electron chi connectivity index (χ1n) is 4.83. The van der Waals surface area contributed by atoms with Crippen molar-refractivity contribution < 1.29 is 13.2 Å². The van der Waals surface area contributed by atoms with E-state index in [2.05, 4.69) is 15.3 Å². The van der Waals surface area contributed by atoms with Crippen LogP contribution in [0.25, 0.3) is 0 Å². The molecule has 0 aliphatic carbocycles. The van der Waals surface area contributed by atoms with E-state index in [-0.39, 0.29) is 11.6 Å². The number of aromatic nitrogens is 2. The molecule has 0 amide bonds. The topological polar surface area (TPSA) is 40.7 Å². The molecule has 2 rings (SSSR count). The summed E-state index contributed by atoms with van der Waals surface area (Å²) in [7, 11) is 0. The van der Waals surface area contributed by atoms with Crippen LogP contribution in [0.3, 0.4) is 0 Å². The zero-order valence-corrected chi connectivity index (χ0v) is 8.28. The Hall–Kier alpha value is -1.04. The normalized spacial score (nSPS) is 22.3. The summed E-state index contributed by atoms with van der Waals surface area (Å²) in [5.74, 6) is 0.532. The number of aromatic amines is 1. The number of hydrogen-bond acceptors (Lipinski definition) is 2. The highest BCUT2D eigenvalue weighted by molar-refractivity contribution is 5.18. The molecular weight excluding hydrogens is 207 g/mol. The quantitative estimate of drug-likeness (QED) is 0.756. The van der Waals surface area contributed by atoms with Crippen LogP contribution in [0.4, 0.5) is 13.2 Å². The lowest BCUT2D eigenvalue weighted by molar-refractivity contribution is -0.141. The SMILES string of the molecule is Cc1[nH]c(C2CCNC2)nc1C(F)(F)F. The zero-order valence-electron chi connectivity index (χ0n) is 8.28. The third-order valence-electron chi connectivity index (χ3n) is 2.62. The van der Waals surface area contributed by atoms with Gasteiger partial charge in [-0.25, -0.2) is 4.98 Å². The van der Waals surface area contributed by atoms with Gasteiger partial charge in [0.05, 0.1) is 0 Å². The van der Waals surface area contributed by atoms with Gasteiger partial charge in [-0.2, -0.15) is 13.2 Å². The minimum atomic E-state index is -4.36. The molecular formula is C9H12F3N3. The first-order chi connectivity index (χ1) is 6.98. The monoisotopic (exact) mass is 219 g/mol. The van der Waals surface area contributed by atoms with E-state index in [9.17, 15) is 13.2 Å². The predicted molar refractivity (Wildman–Crippen MR) is 48.6 cm³/mol. The van der Waals surface area contributed by atoms with Crippen molar-refractivity contribution in [3.05, 3.63) is 17.2 Å². The molecule has 0 radical (unpaired) electrons. The molecule has 1 aliphatic heterocycles. The van der Waals surface area contributed by atoms with Gasteiger partial charge in [-0.15, -0.1) is 0 Å². The molecule has 15 heavy (non-hydrogen) atoms. The van der Waals surface area contributed by atoms with Gasteiger partial charge >= 0.3 is 6.18 Å². The highest BCUT2D eigenvalue weighted by Gasteiger charge is 2.37. The smallest absolute Gasteiger partial charge is 0.345 e. The van der Waals surface area contributed by atoms with Crippen LogP contribution in [0.2, 0.25) is 0 Å². The highest BCUT2D eigenvalue weighted by atomic mass is 19.4. The second-order valence-electron chi connectivity index (χ2n) is 3.78. The Morgan fingerprint density at radius 3 is 2.60 bits per heavy atom. The van der Waals surface area contributed by atoms with Gasteiger partial charge in [0.2, 0.25) is 0 Å². The predicted octanol–water partition coefficient (Wildman–Crippen LogP) is 1.81. The van der Waals surface area contributed by atoms with Crippen LogP contribution in [-0.4, -0.2) is 23.1 Å². The Kier molecular flexibility index (Phi) is 2.46. The van der Waals surface area contributed by atoms with Crippen molar-refractivity contribution in [3.8, 4) is 0 Å². The van der Waals surface area contributed by atoms with Crippen LogP contribution in [0.1, 0.15) is 29.6 Å². The third kappa shape index (κ3) is 1.99. The highest BCUT2D eigenvalue weighted by Crippen LogP contribution is 2.32. The second-order valence-corrected chi connectivity index (χ2v) is 3.78. The summed E-state index contributed by atoms with van der Waals surface area (Å²) in [5.41, 5.74) is -0.686. The first-order valence-corrected chi connectivity index (χ1v) is 4.83. The van der Waals surface area contributed by atoms with Crippen LogP contribution in [0.15, 0.2) is 0 Å². The Balaban J connectivity index is 2.28. The summed E-state index contributed by atoms with van der Waals surface area (Å²) in [6.45, 7) is 2.94. The first kappa shape index (κ1) is 10.5. The number of imidazole rings is 1. The van der Waals surface area contributed by atoms with Crippen LogP contribution in [-0.2, 0) is 6.18 Å². The molecule has 1 aromatic rings. The minimum absolute atomic E-state index is 0.0831. The number of alkyl halides is 3. The number of aryl methyl sites for hydroxylation is 1. The van der Waals surface area contributed by atoms with E-state index in [1.807, 2.05) is 0 Å². The summed E-state index contributed by atoms with van der Waals surface area (Å²) in [5, 5.41) is 3.10. The average Bonchev–Trinajstić information content (AvgIpc) is 2.68. The van der Waals surface area contributed by atoms with Crippen molar-refractivity contribution >= 4 is 0 Å². The Morgan fingerprint density at radius 2 is 2.13 bits per heavy atom. The number of nitrogens with zero attached hydrogens (tertiary/aromatic N) is 1. The van der Waals surface area contributed by atoms with E-state index in [1.54, 1.807) is 0 Å². The van der Waals surface area contributed by atoms with Crippen molar-refractivity contribution in [2.75, 3.05) is 13.1 Å². The number of hydrogen-bond donors (Lipinski definition) is 2. The minimum Gasteiger partial charge on any atom is -0.345 e. The van der Waals surface area contributed by atoms with Gasteiger partial charge in [0.25, 0.3) is 0 Å². The molecule has 84 valence electrons. The summed E-state index contributed by atoms with van der Waals surface area (Å²) < 4.78 is 37.4. The Labute approximate surface area is 85.1 Å².